The summed E-state index contributed by atoms with van der Waals surface area (Å²) in [5.74, 6) is -0.991. The fourth-order valence-electron chi connectivity index (χ4n) is 0.974. The van der Waals surface area contributed by atoms with Gasteiger partial charge in [-0.3, -0.25) is 0 Å². The summed E-state index contributed by atoms with van der Waals surface area (Å²) in [4.78, 5) is 11.0. The lowest BCUT2D eigenvalue weighted by atomic mass is 10.3. The molecule has 92 valence electrons. The zero-order valence-corrected chi connectivity index (χ0v) is 10.3. The number of rotatable bonds is 3. The molecule has 0 heterocycles. The fourth-order valence-corrected chi connectivity index (χ4v) is 1.81. The summed E-state index contributed by atoms with van der Waals surface area (Å²) < 4.78 is 47.1. The van der Waals surface area contributed by atoms with E-state index in [1.165, 1.54) is 24.3 Å². The molecule has 1 aromatic carbocycles. The Hall–Kier alpha value is -1.67. The second-order valence-corrected chi connectivity index (χ2v) is 5.82. The summed E-state index contributed by atoms with van der Waals surface area (Å²) in [6.07, 6.45) is 1.04. The van der Waals surface area contributed by atoms with Crippen molar-refractivity contribution in [2.75, 3.05) is 6.26 Å². The molecule has 0 saturated carbocycles. The molecule has 0 aliphatic rings. The Labute approximate surface area is 99.3 Å². The van der Waals surface area contributed by atoms with E-state index in [9.17, 15) is 21.6 Å². The number of ether oxygens (including phenoxy) is 1. The molecule has 0 amide bonds. The Morgan fingerprint density at radius 2 is 1.76 bits per heavy atom. The van der Waals surface area contributed by atoms with Crippen LogP contribution in [0.4, 0.5) is 0 Å². The lowest BCUT2D eigenvalue weighted by Gasteiger charge is -2.01. The number of hydrogen-bond donors (Lipinski definition) is 0. The molecule has 0 fully saturated rings. The van der Waals surface area contributed by atoms with Crippen LogP contribution in [0.1, 0.15) is 0 Å². The highest BCUT2D eigenvalue weighted by atomic mass is 32.2. The topological polar surface area (TPSA) is 94.6 Å². The molecule has 0 bridgehead atoms. The van der Waals surface area contributed by atoms with Gasteiger partial charge in [0.25, 0.3) is 0 Å². The van der Waals surface area contributed by atoms with Gasteiger partial charge in [0.2, 0.25) is 10.3 Å². The van der Waals surface area contributed by atoms with E-state index < -0.39 is 26.1 Å². The zero-order chi connectivity index (χ0) is 13.1. The van der Waals surface area contributed by atoms with Gasteiger partial charge in [-0.2, -0.15) is 8.42 Å². The molecule has 0 aromatic heterocycles. The lowest BCUT2D eigenvalue weighted by Crippen LogP contribution is -2.09. The Morgan fingerprint density at radius 3 is 2.18 bits per heavy atom. The average Bonchev–Trinajstić information content (AvgIpc) is 2.15. The summed E-state index contributed by atoms with van der Waals surface area (Å²) in [5, 5.41) is 0.366. The monoisotopic (exact) mass is 276 g/mol. The first kappa shape index (κ1) is 13.4. The van der Waals surface area contributed by atoms with Crippen LogP contribution in [0.15, 0.2) is 29.2 Å². The maximum atomic E-state index is 11.1. The Kier molecular flexibility index (Phi) is 4.02. The number of esters is 1. The Balaban J connectivity index is 2.90. The van der Waals surface area contributed by atoms with Gasteiger partial charge in [-0.05, 0) is 24.3 Å². The molecule has 0 atom stereocenters. The van der Waals surface area contributed by atoms with Crippen LogP contribution >= 0.6 is 0 Å². The molecule has 1 rings (SSSR count). The van der Waals surface area contributed by atoms with Crippen LogP contribution in [-0.4, -0.2) is 34.4 Å². The molecule has 0 saturated heterocycles. The lowest BCUT2D eigenvalue weighted by molar-refractivity contribution is -0.126. The molecule has 6 nitrogen and oxygen atoms in total. The minimum absolute atomic E-state index is 0.0594. The first-order chi connectivity index (χ1) is 7.79. The molecule has 17 heavy (non-hydrogen) atoms. The number of benzene rings is 1. The highest BCUT2D eigenvalue weighted by Crippen LogP contribution is 2.15. The predicted octanol–water partition coefficient (Wildman–Crippen LogP) is -0.323. The summed E-state index contributed by atoms with van der Waals surface area (Å²) in [6.45, 7) is 0. The minimum atomic E-state index is -3.31. The summed E-state index contributed by atoms with van der Waals surface area (Å²) in [6, 6.07) is 5.03. The molecular formula is C9H8O6S2. The van der Waals surface area contributed by atoms with Crippen LogP contribution in [0.3, 0.4) is 0 Å². The van der Waals surface area contributed by atoms with E-state index in [-0.39, 0.29) is 10.6 Å². The maximum Gasteiger partial charge on any atom is 0.351 e. The van der Waals surface area contributed by atoms with E-state index in [2.05, 4.69) is 4.74 Å². The van der Waals surface area contributed by atoms with E-state index in [0.717, 1.165) is 6.26 Å². The second kappa shape index (κ2) is 5.11. The van der Waals surface area contributed by atoms with Gasteiger partial charge in [0, 0.05) is 6.26 Å². The van der Waals surface area contributed by atoms with Gasteiger partial charge in [0.05, 0.1) is 4.90 Å². The normalized spacial score (nSPS) is 10.6. The van der Waals surface area contributed by atoms with Crippen molar-refractivity contribution in [3.8, 4) is 5.75 Å². The van der Waals surface area contributed by atoms with Crippen molar-refractivity contribution in [2.24, 2.45) is 0 Å². The van der Waals surface area contributed by atoms with Crippen molar-refractivity contribution in [3.05, 3.63) is 24.3 Å². The number of sulfone groups is 1. The van der Waals surface area contributed by atoms with Crippen LogP contribution in [0, 0.1) is 0 Å². The molecule has 0 aliphatic carbocycles. The van der Waals surface area contributed by atoms with Gasteiger partial charge in [-0.25, -0.2) is 13.2 Å². The molecular weight excluding hydrogens is 268 g/mol. The Bertz CT molecular complexity index is 644. The molecule has 0 N–H and O–H groups in total. The third-order valence-electron chi connectivity index (χ3n) is 1.66. The summed E-state index contributed by atoms with van der Waals surface area (Å²) >= 11 is 0. The van der Waals surface area contributed by atoms with E-state index in [1.807, 2.05) is 0 Å². The summed E-state index contributed by atoms with van der Waals surface area (Å²) in [5.41, 5.74) is 0. The van der Waals surface area contributed by atoms with Crippen molar-refractivity contribution in [1.29, 1.82) is 0 Å². The van der Waals surface area contributed by atoms with Gasteiger partial charge in [0.1, 0.15) is 11.1 Å². The first-order valence-corrected chi connectivity index (χ1v) is 7.27. The Morgan fingerprint density at radius 1 is 1.24 bits per heavy atom. The number of carbonyl (C=O) groups excluding carboxylic acids is 1. The fraction of sp³-hybridized carbons (Fsp3) is 0.111. The molecule has 0 radical (unpaired) electrons. The first-order valence-electron chi connectivity index (χ1n) is 4.24. The van der Waals surface area contributed by atoms with E-state index >= 15 is 0 Å². The number of hydrogen-bond acceptors (Lipinski definition) is 6. The van der Waals surface area contributed by atoms with Gasteiger partial charge in [-0.1, -0.05) is 0 Å². The van der Waals surface area contributed by atoms with Crippen molar-refractivity contribution >= 4 is 31.5 Å². The van der Waals surface area contributed by atoms with Crippen molar-refractivity contribution in [1.82, 2.24) is 0 Å². The highest BCUT2D eigenvalue weighted by molar-refractivity contribution is 7.90. The third-order valence-corrected chi connectivity index (χ3v) is 3.18. The van der Waals surface area contributed by atoms with Crippen LogP contribution in [-0.2, 0) is 24.9 Å². The van der Waals surface area contributed by atoms with Crippen molar-refractivity contribution in [3.63, 3.8) is 0 Å². The molecule has 0 spiro atoms. The highest BCUT2D eigenvalue weighted by Gasteiger charge is 2.07. The molecule has 0 unspecified atom stereocenters. The van der Waals surface area contributed by atoms with Gasteiger partial charge in [-0.15, -0.1) is 0 Å². The van der Waals surface area contributed by atoms with Gasteiger partial charge < -0.3 is 4.74 Å². The maximum absolute atomic E-state index is 11.1. The van der Waals surface area contributed by atoms with Crippen molar-refractivity contribution in [2.45, 2.75) is 4.90 Å². The van der Waals surface area contributed by atoms with Crippen LogP contribution in [0.25, 0.3) is 0 Å². The summed E-state index contributed by atoms with van der Waals surface area (Å²) in [7, 11) is -5.95. The predicted molar refractivity (Wildman–Crippen MR) is 60.2 cm³/mol. The molecule has 1 aromatic rings. The molecule has 8 heteroatoms. The van der Waals surface area contributed by atoms with E-state index in [0.29, 0.717) is 5.37 Å². The average molecular weight is 276 g/mol. The zero-order valence-electron chi connectivity index (χ0n) is 8.65. The largest absolute Gasteiger partial charge is 0.423 e. The second-order valence-electron chi connectivity index (χ2n) is 3.04. The minimum Gasteiger partial charge on any atom is -0.423 e. The van der Waals surface area contributed by atoms with Crippen LogP contribution in [0.2, 0.25) is 0 Å². The van der Waals surface area contributed by atoms with Crippen LogP contribution in [0.5, 0.6) is 5.75 Å². The van der Waals surface area contributed by atoms with Crippen molar-refractivity contribution < 1.29 is 26.4 Å². The third kappa shape index (κ3) is 4.37. The quantitative estimate of drug-likeness (QED) is 0.426. The van der Waals surface area contributed by atoms with Gasteiger partial charge in [0.15, 0.2) is 9.84 Å². The molecule has 0 aliphatic heterocycles. The smallest absolute Gasteiger partial charge is 0.351 e. The SMILES string of the molecule is CS(=O)(=O)c1ccc(OC(=O)C=S(=O)=O)cc1. The van der Waals surface area contributed by atoms with E-state index in [4.69, 9.17) is 0 Å². The standard InChI is InChI=1S/C9H8O6S2/c1-17(13,14)8-4-2-7(3-5-8)15-9(10)6-16(11)12/h2-6H,1H3. The van der Waals surface area contributed by atoms with Crippen LogP contribution < -0.4 is 4.74 Å². The number of carbonyl (C=O) groups is 1. The van der Waals surface area contributed by atoms with E-state index in [1.54, 1.807) is 0 Å². The van der Waals surface area contributed by atoms with Gasteiger partial charge >= 0.3 is 5.97 Å².